The highest BCUT2D eigenvalue weighted by atomic mass is 35.5. The molecule has 3 rings (SSSR count). The minimum atomic E-state index is -2.86. The normalized spacial score (nSPS) is 20.1. The Balaban J connectivity index is 2.13. The van der Waals surface area contributed by atoms with Gasteiger partial charge in [0, 0.05) is 12.1 Å². The molecule has 0 saturated heterocycles. The molecule has 0 fully saturated rings. The van der Waals surface area contributed by atoms with Crippen LogP contribution in [0.5, 0.6) is 5.75 Å². The third-order valence-corrected chi connectivity index (χ3v) is 4.57. The fourth-order valence-corrected chi connectivity index (χ4v) is 3.29. The van der Waals surface area contributed by atoms with Gasteiger partial charge < -0.3 is 15.4 Å². The Labute approximate surface area is 149 Å². The number of nitrogens with zero attached hydrogens (tertiary/aromatic N) is 2. The number of benzene rings is 2. The van der Waals surface area contributed by atoms with E-state index in [2.05, 4.69) is 9.73 Å². The summed E-state index contributed by atoms with van der Waals surface area (Å²) in [7, 11) is 1.85. The second-order valence-corrected chi connectivity index (χ2v) is 6.49. The molecule has 2 aromatic carbocycles. The Morgan fingerprint density at radius 3 is 2.52 bits per heavy atom. The topological polar surface area (TPSA) is 50.8 Å². The number of nitrogens with two attached hydrogens (primary N) is 1. The third-order valence-electron chi connectivity index (χ3n) is 4.33. The molecule has 0 spiro atoms. The van der Waals surface area contributed by atoms with Crippen molar-refractivity contribution in [2.45, 2.75) is 19.1 Å². The highest BCUT2D eigenvalue weighted by Crippen LogP contribution is 2.40. The van der Waals surface area contributed by atoms with Crippen molar-refractivity contribution in [3.8, 4) is 5.75 Å². The molecule has 2 N–H and O–H groups in total. The van der Waals surface area contributed by atoms with Gasteiger partial charge >= 0.3 is 6.61 Å². The molecular weight excluding hydrogens is 348 g/mol. The van der Waals surface area contributed by atoms with E-state index in [1.807, 2.05) is 30.1 Å². The molecule has 7 heteroatoms. The number of aryl methyl sites for hydroxylation is 1. The molecule has 1 atom stereocenters. The minimum Gasteiger partial charge on any atom is -0.435 e. The van der Waals surface area contributed by atoms with Crippen LogP contribution in [-0.4, -0.2) is 31.1 Å². The van der Waals surface area contributed by atoms with E-state index in [9.17, 15) is 8.78 Å². The van der Waals surface area contributed by atoms with Gasteiger partial charge in [-0.1, -0.05) is 29.8 Å². The third kappa shape index (κ3) is 3.26. The quantitative estimate of drug-likeness (QED) is 0.897. The van der Waals surface area contributed by atoms with E-state index in [0.717, 1.165) is 11.1 Å². The maximum atomic E-state index is 12.5. The van der Waals surface area contributed by atoms with Crippen LogP contribution in [0.4, 0.5) is 8.78 Å². The van der Waals surface area contributed by atoms with E-state index in [0.29, 0.717) is 23.1 Å². The summed E-state index contributed by atoms with van der Waals surface area (Å²) in [5.74, 6) is 0.550. The molecule has 25 heavy (non-hydrogen) atoms. The van der Waals surface area contributed by atoms with Gasteiger partial charge in [0.25, 0.3) is 0 Å². The maximum absolute atomic E-state index is 12.5. The van der Waals surface area contributed by atoms with Crippen molar-refractivity contribution in [3.63, 3.8) is 0 Å². The van der Waals surface area contributed by atoms with E-state index in [1.165, 1.54) is 6.07 Å². The van der Waals surface area contributed by atoms with E-state index < -0.39 is 12.2 Å². The fraction of sp³-hybridized carbons (Fsp3) is 0.278. The summed E-state index contributed by atoms with van der Waals surface area (Å²) in [6, 6.07) is 12.5. The summed E-state index contributed by atoms with van der Waals surface area (Å²) in [5, 5.41) is 0.592. The molecule has 1 heterocycles. The maximum Gasteiger partial charge on any atom is 0.387 e. The molecule has 1 unspecified atom stereocenters. The first kappa shape index (κ1) is 17.5. The Hall–Kier alpha value is -2.34. The lowest BCUT2D eigenvalue weighted by molar-refractivity contribution is -0.0503. The highest BCUT2D eigenvalue weighted by molar-refractivity contribution is 6.30. The SMILES string of the molecule is Cc1cc(C2(c3cccc(Cl)c3)CN(C)C(N)=N2)ccc1OC(F)F. The highest BCUT2D eigenvalue weighted by Gasteiger charge is 2.41. The number of hydrogen-bond acceptors (Lipinski definition) is 4. The van der Waals surface area contributed by atoms with Crippen molar-refractivity contribution in [2.24, 2.45) is 10.7 Å². The van der Waals surface area contributed by atoms with Gasteiger partial charge in [-0.05, 0) is 47.9 Å². The van der Waals surface area contributed by atoms with Gasteiger partial charge in [0.1, 0.15) is 11.3 Å². The second kappa shape index (κ2) is 6.52. The van der Waals surface area contributed by atoms with Gasteiger partial charge in [-0.25, -0.2) is 4.99 Å². The number of halogens is 3. The standard InChI is InChI=1S/C18H18ClF2N3O/c1-11-8-13(6-7-15(11)25-16(20)21)18(10-24(2)17(22)23-18)12-4-3-5-14(19)9-12/h3-9,16H,10H2,1-2H3,(H2,22,23). The van der Waals surface area contributed by atoms with Crippen molar-refractivity contribution in [1.82, 2.24) is 4.90 Å². The number of alkyl halides is 2. The van der Waals surface area contributed by atoms with Crippen molar-refractivity contribution >= 4 is 17.6 Å². The molecule has 0 radical (unpaired) electrons. The average molecular weight is 366 g/mol. The van der Waals surface area contributed by atoms with Crippen molar-refractivity contribution in [1.29, 1.82) is 0 Å². The Morgan fingerprint density at radius 2 is 1.96 bits per heavy atom. The minimum absolute atomic E-state index is 0.142. The van der Waals surface area contributed by atoms with Crippen LogP contribution < -0.4 is 10.5 Å². The van der Waals surface area contributed by atoms with E-state index in [4.69, 9.17) is 17.3 Å². The Bertz CT molecular complexity index is 828. The lowest BCUT2D eigenvalue weighted by atomic mass is 9.83. The van der Waals surface area contributed by atoms with Crippen LogP contribution in [0, 0.1) is 6.92 Å². The number of rotatable bonds is 4. The summed E-state index contributed by atoms with van der Waals surface area (Å²) in [5.41, 5.74) is 7.58. The predicted octanol–water partition coefficient (Wildman–Crippen LogP) is 3.75. The smallest absolute Gasteiger partial charge is 0.387 e. The Morgan fingerprint density at radius 1 is 1.24 bits per heavy atom. The van der Waals surface area contributed by atoms with Crippen LogP contribution in [0.15, 0.2) is 47.5 Å². The zero-order chi connectivity index (χ0) is 18.2. The van der Waals surface area contributed by atoms with E-state index in [-0.39, 0.29) is 5.75 Å². The van der Waals surface area contributed by atoms with Crippen LogP contribution in [0.25, 0.3) is 0 Å². The first-order valence-electron chi connectivity index (χ1n) is 7.70. The molecule has 0 aromatic heterocycles. The number of ether oxygens (including phenoxy) is 1. The average Bonchev–Trinajstić information content (AvgIpc) is 2.85. The predicted molar refractivity (Wildman–Crippen MR) is 94.3 cm³/mol. The first-order valence-corrected chi connectivity index (χ1v) is 8.08. The number of likely N-dealkylation sites (N-methyl/N-ethyl adjacent to an activating group) is 1. The molecule has 132 valence electrons. The summed E-state index contributed by atoms with van der Waals surface area (Å²) in [6.07, 6.45) is 0. The van der Waals surface area contributed by atoms with Crippen LogP contribution in [0.1, 0.15) is 16.7 Å². The number of guanidine groups is 1. The van der Waals surface area contributed by atoms with Gasteiger partial charge in [0.2, 0.25) is 0 Å². The molecular formula is C18H18ClF2N3O. The van der Waals surface area contributed by atoms with Crippen LogP contribution >= 0.6 is 11.6 Å². The number of hydrogen-bond donors (Lipinski definition) is 1. The second-order valence-electron chi connectivity index (χ2n) is 6.06. The van der Waals surface area contributed by atoms with E-state index in [1.54, 1.807) is 25.1 Å². The van der Waals surface area contributed by atoms with E-state index >= 15 is 0 Å². The molecule has 2 aromatic rings. The molecule has 0 aliphatic carbocycles. The fourth-order valence-electron chi connectivity index (χ4n) is 3.10. The zero-order valence-electron chi connectivity index (χ0n) is 13.8. The molecule has 0 bridgehead atoms. The molecule has 0 amide bonds. The molecule has 1 aliphatic rings. The summed E-state index contributed by atoms with van der Waals surface area (Å²) in [4.78, 5) is 6.53. The van der Waals surface area contributed by atoms with Gasteiger partial charge in [-0.2, -0.15) is 8.78 Å². The number of aliphatic imine (C=N–C) groups is 1. The van der Waals surface area contributed by atoms with Gasteiger partial charge in [0.05, 0.1) is 6.54 Å². The van der Waals surface area contributed by atoms with Crippen LogP contribution in [-0.2, 0) is 5.54 Å². The summed E-state index contributed by atoms with van der Waals surface area (Å²) < 4.78 is 29.6. The summed E-state index contributed by atoms with van der Waals surface area (Å²) >= 11 is 6.16. The molecule has 4 nitrogen and oxygen atoms in total. The van der Waals surface area contributed by atoms with Gasteiger partial charge in [-0.15, -0.1) is 0 Å². The van der Waals surface area contributed by atoms with Crippen molar-refractivity contribution in [3.05, 3.63) is 64.2 Å². The van der Waals surface area contributed by atoms with Crippen LogP contribution in [0.3, 0.4) is 0 Å². The van der Waals surface area contributed by atoms with Gasteiger partial charge in [0.15, 0.2) is 5.96 Å². The zero-order valence-corrected chi connectivity index (χ0v) is 14.6. The first-order chi connectivity index (χ1) is 11.8. The summed E-state index contributed by atoms with van der Waals surface area (Å²) in [6.45, 7) is -0.621. The van der Waals surface area contributed by atoms with Crippen molar-refractivity contribution < 1.29 is 13.5 Å². The largest absolute Gasteiger partial charge is 0.435 e. The molecule has 0 saturated carbocycles. The van der Waals surface area contributed by atoms with Crippen LogP contribution in [0.2, 0.25) is 5.02 Å². The monoisotopic (exact) mass is 365 g/mol. The lowest BCUT2D eigenvalue weighted by Gasteiger charge is -2.29. The molecule has 1 aliphatic heterocycles. The lowest BCUT2D eigenvalue weighted by Crippen LogP contribution is -2.34. The van der Waals surface area contributed by atoms with Crippen molar-refractivity contribution in [2.75, 3.05) is 13.6 Å². The van der Waals surface area contributed by atoms with Gasteiger partial charge in [-0.3, -0.25) is 0 Å². The Kier molecular flexibility index (Phi) is 4.56.